The Hall–Kier alpha value is -1.97. The Morgan fingerprint density at radius 3 is 2.60 bits per heavy atom. The number of hydrogen-bond acceptors (Lipinski definition) is 4. The second-order valence-corrected chi connectivity index (χ2v) is 3.09. The zero-order chi connectivity index (χ0) is 10.8. The van der Waals surface area contributed by atoms with E-state index >= 15 is 0 Å². The number of rotatable bonds is 2. The van der Waals surface area contributed by atoms with Crippen LogP contribution in [0.25, 0.3) is 10.9 Å². The monoisotopic (exact) mass is 205 g/mol. The number of aromatic nitrogens is 1. The maximum atomic E-state index is 9.31. The fraction of sp³-hybridized carbons (Fsp3) is 0.182. The zero-order valence-electron chi connectivity index (χ0n) is 8.52. The van der Waals surface area contributed by atoms with Gasteiger partial charge in [-0.3, -0.25) is 0 Å². The number of methoxy groups -OCH3 is 2. The molecule has 0 radical (unpaired) electrons. The van der Waals surface area contributed by atoms with E-state index in [0.717, 1.165) is 5.39 Å². The van der Waals surface area contributed by atoms with Crippen molar-refractivity contribution in [3.8, 4) is 17.2 Å². The topological polar surface area (TPSA) is 51.6 Å². The van der Waals surface area contributed by atoms with Gasteiger partial charge in [0, 0.05) is 11.5 Å². The second-order valence-electron chi connectivity index (χ2n) is 3.09. The van der Waals surface area contributed by atoms with E-state index < -0.39 is 0 Å². The standard InChI is InChI=1S/C11H11NO3/c1-14-9-4-7-3-8(13)6-12-11(7)10(5-9)15-2/h3-6,13H,1-2H3. The lowest BCUT2D eigenvalue weighted by atomic mass is 10.2. The van der Waals surface area contributed by atoms with Crippen LogP contribution in [0.4, 0.5) is 0 Å². The summed E-state index contributed by atoms with van der Waals surface area (Å²) in [6.45, 7) is 0. The van der Waals surface area contributed by atoms with Crippen LogP contribution >= 0.6 is 0 Å². The number of pyridine rings is 1. The molecule has 1 N–H and O–H groups in total. The molecule has 0 aliphatic rings. The molecule has 0 atom stereocenters. The van der Waals surface area contributed by atoms with Gasteiger partial charge < -0.3 is 14.6 Å². The number of fused-ring (bicyclic) bond motifs is 1. The smallest absolute Gasteiger partial charge is 0.148 e. The van der Waals surface area contributed by atoms with Crippen LogP contribution in [0.5, 0.6) is 17.2 Å². The molecule has 0 spiro atoms. The van der Waals surface area contributed by atoms with Gasteiger partial charge in [0.25, 0.3) is 0 Å². The number of aromatic hydroxyl groups is 1. The summed E-state index contributed by atoms with van der Waals surface area (Å²) in [7, 11) is 3.15. The Bertz CT molecular complexity index is 496. The van der Waals surface area contributed by atoms with E-state index in [1.165, 1.54) is 6.20 Å². The first-order valence-electron chi connectivity index (χ1n) is 4.45. The van der Waals surface area contributed by atoms with Crippen LogP contribution in [0.1, 0.15) is 0 Å². The lowest BCUT2D eigenvalue weighted by molar-refractivity contribution is 0.397. The van der Waals surface area contributed by atoms with E-state index in [-0.39, 0.29) is 5.75 Å². The number of ether oxygens (including phenoxy) is 2. The number of nitrogens with zero attached hydrogens (tertiary/aromatic N) is 1. The van der Waals surface area contributed by atoms with Gasteiger partial charge in [-0.25, -0.2) is 4.98 Å². The normalized spacial score (nSPS) is 10.3. The quantitative estimate of drug-likeness (QED) is 0.814. The average molecular weight is 205 g/mol. The molecule has 15 heavy (non-hydrogen) atoms. The molecule has 1 heterocycles. The third-order valence-corrected chi connectivity index (χ3v) is 2.16. The van der Waals surface area contributed by atoms with Crippen molar-refractivity contribution in [1.29, 1.82) is 0 Å². The highest BCUT2D eigenvalue weighted by Crippen LogP contribution is 2.30. The summed E-state index contributed by atoms with van der Waals surface area (Å²) in [5.74, 6) is 1.42. The van der Waals surface area contributed by atoms with Crippen LogP contribution in [0.15, 0.2) is 24.4 Å². The largest absolute Gasteiger partial charge is 0.506 e. The lowest BCUT2D eigenvalue weighted by Gasteiger charge is -2.07. The predicted octanol–water partition coefficient (Wildman–Crippen LogP) is 1.96. The van der Waals surface area contributed by atoms with Crippen LogP contribution in [0, 0.1) is 0 Å². The SMILES string of the molecule is COc1cc(OC)c2ncc(O)cc2c1. The first kappa shape index (κ1) is 9.58. The summed E-state index contributed by atoms with van der Waals surface area (Å²) in [5.41, 5.74) is 0.705. The molecule has 0 saturated heterocycles. The molecule has 0 amide bonds. The minimum Gasteiger partial charge on any atom is -0.506 e. The van der Waals surface area contributed by atoms with Crippen LogP contribution in [-0.4, -0.2) is 24.3 Å². The van der Waals surface area contributed by atoms with Crippen molar-refractivity contribution in [1.82, 2.24) is 4.98 Å². The van der Waals surface area contributed by atoms with E-state index in [1.807, 2.05) is 0 Å². The fourth-order valence-corrected chi connectivity index (χ4v) is 1.45. The van der Waals surface area contributed by atoms with Gasteiger partial charge >= 0.3 is 0 Å². The van der Waals surface area contributed by atoms with Gasteiger partial charge in [0.1, 0.15) is 22.8 Å². The van der Waals surface area contributed by atoms with Crippen molar-refractivity contribution in [3.63, 3.8) is 0 Å². The number of benzene rings is 1. The van der Waals surface area contributed by atoms with Crippen molar-refractivity contribution in [2.75, 3.05) is 14.2 Å². The van der Waals surface area contributed by atoms with Crippen molar-refractivity contribution in [3.05, 3.63) is 24.4 Å². The highest BCUT2D eigenvalue weighted by Gasteiger charge is 2.06. The van der Waals surface area contributed by atoms with E-state index in [4.69, 9.17) is 9.47 Å². The fourth-order valence-electron chi connectivity index (χ4n) is 1.45. The molecule has 4 nitrogen and oxygen atoms in total. The third kappa shape index (κ3) is 1.66. The van der Waals surface area contributed by atoms with E-state index in [1.54, 1.807) is 32.4 Å². The van der Waals surface area contributed by atoms with Crippen LogP contribution in [0.2, 0.25) is 0 Å². The average Bonchev–Trinajstić information content (AvgIpc) is 2.26. The Balaban J connectivity index is 2.74. The summed E-state index contributed by atoms with van der Waals surface area (Å²) in [4.78, 5) is 4.10. The van der Waals surface area contributed by atoms with Gasteiger partial charge in [0.2, 0.25) is 0 Å². The molecule has 1 aromatic carbocycles. The Labute approximate surface area is 87.1 Å². The first-order valence-corrected chi connectivity index (χ1v) is 4.45. The second kappa shape index (κ2) is 3.65. The molecule has 78 valence electrons. The molecule has 1 aromatic heterocycles. The minimum atomic E-state index is 0.123. The summed E-state index contributed by atoms with van der Waals surface area (Å²) in [6.07, 6.45) is 1.39. The molecule has 0 aliphatic heterocycles. The highest BCUT2D eigenvalue weighted by atomic mass is 16.5. The molecule has 0 unspecified atom stereocenters. The van der Waals surface area contributed by atoms with E-state index in [9.17, 15) is 5.11 Å². The summed E-state index contributed by atoms with van der Waals surface area (Å²) >= 11 is 0. The van der Waals surface area contributed by atoms with Crippen molar-refractivity contribution in [2.45, 2.75) is 0 Å². The Morgan fingerprint density at radius 1 is 1.13 bits per heavy atom. The molecule has 0 fully saturated rings. The van der Waals surface area contributed by atoms with Crippen LogP contribution in [-0.2, 0) is 0 Å². The maximum absolute atomic E-state index is 9.31. The van der Waals surface area contributed by atoms with E-state index in [2.05, 4.69) is 4.98 Å². The summed E-state index contributed by atoms with van der Waals surface area (Å²) in [6, 6.07) is 5.17. The molecule has 4 heteroatoms. The van der Waals surface area contributed by atoms with Gasteiger partial charge in [-0.1, -0.05) is 0 Å². The highest BCUT2D eigenvalue weighted by molar-refractivity contribution is 5.87. The molecular formula is C11H11NO3. The van der Waals surface area contributed by atoms with Crippen molar-refractivity contribution >= 4 is 10.9 Å². The molecular weight excluding hydrogens is 194 g/mol. The lowest BCUT2D eigenvalue weighted by Crippen LogP contribution is -1.90. The van der Waals surface area contributed by atoms with Gasteiger partial charge in [-0.05, 0) is 12.1 Å². The molecule has 0 bridgehead atoms. The zero-order valence-corrected chi connectivity index (χ0v) is 8.52. The van der Waals surface area contributed by atoms with Gasteiger partial charge in [-0.2, -0.15) is 0 Å². The number of hydrogen-bond donors (Lipinski definition) is 1. The summed E-state index contributed by atoms with van der Waals surface area (Å²) < 4.78 is 10.3. The molecule has 2 aromatic rings. The van der Waals surface area contributed by atoms with E-state index in [0.29, 0.717) is 17.0 Å². The van der Waals surface area contributed by atoms with Gasteiger partial charge in [0.15, 0.2) is 0 Å². The maximum Gasteiger partial charge on any atom is 0.148 e. The minimum absolute atomic E-state index is 0.123. The third-order valence-electron chi connectivity index (χ3n) is 2.16. The Kier molecular flexibility index (Phi) is 2.33. The molecule has 0 aliphatic carbocycles. The van der Waals surface area contributed by atoms with Gasteiger partial charge in [0.05, 0.1) is 20.4 Å². The first-order chi connectivity index (χ1) is 7.24. The Morgan fingerprint density at radius 2 is 1.93 bits per heavy atom. The predicted molar refractivity (Wildman–Crippen MR) is 56.5 cm³/mol. The van der Waals surface area contributed by atoms with Crippen molar-refractivity contribution < 1.29 is 14.6 Å². The van der Waals surface area contributed by atoms with Crippen LogP contribution in [0.3, 0.4) is 0 Å². The molecule has 2 rings (SSSR count). The van der Waals surface area contributed by atoms with Gasteiger partial charge in [-0.15, -0.1) is 0 Å². The summed E-state index contributed by atoms with van der Waals surface area (Å²) in [5, 5.41) is 10.1. The van der Waals surface area contributed by atoms with Crippen LogP contribution < -0.4 is 9.47 Å². The molecule has 0 saturated carbocycles. The van der Waals surface area contributed by atoms with Crippen molar-refractivity contribution in [2.24, 2.45) is 0 Å².